The van der Waals surface area contributed by atoms with Crippen molar-refractivity contribution < 1.29 is 23.4 Å². The van der Waals surface area contributed by atoms with Crippen LogP contribution in [0.25, 0.3) is 11.5 Å². The molecule has 0 fully saturated rings. The molecule has 26 heavy (non-hydrogen) atoms. The first-order chi connectivity index (χ1) is 12.6. The highest BCUT2D eigenvalue weighted by Gasteiger charge is 2.18. The number of methoxy groups -OCH3 is 3. The highest BCUT2D eigenvalue weighted by Crippen LogP contribution is 2.41. The number of hydrogen-bond acceptors (Lipinski definition) is 8. The number of ether oxygens (including phenoxy) is 3. The summed E-state index contributed by atoms with van der Waals surface area (Å²) in [6, 6.07) is 7.18. The van der Waals surface area contributed by atoms with Crippen LogP contribution in [0, 0.1) is 0 Å². The summed E-state index contributed by atoms with van der Waals surface area (Å²) in [6.07, 6.45) is 0.250. The van der Waals surface area contributed by atoms with Gasteiger partial charge < -0.3 is 18.6 Å². The number of carbonyl (C=O) groups is 1. The number of nitrogens with zero attached hydrogens (tertiary/aromatic N) is 2. The Labute approximate surface area is 153 Å². The first-order valence-corrected chi connectivity index (χ1v) is 8.48. The van der Waals surface area contributed by atoms with Gasteiger partial charge in [-0.2, -0.15) is 0 Å². The van der Waals surface area contributed by atoms with Gasteiger partial charge in [0.25, 0.3) is 0 Å². The molecule has 0 aliphatic carbocycles. The maximum absolute atomic E-state index is 12.0. The first kappa shape index (κ1) is 17.7. The number of rotatable bonds is 7. The zero-order valence-corrected chi connectivity index (χ0v) is 15.3. The van der Waals surface area contributed by atoms with E-state index in [2.05, 4.69) is 15.5 Å². The Bertz CT molecular complexity index is 867. The van der Waals surface area contributed by atoms with Gasteiger partial charge in [0.1, 0.15) is 0 Å². The van der Waals surface area contributed by atoms with Gasteiger partial charge in [-0.15, -0.1) is 16.4 Å². The number of benzene rings is 1. The quantitative estimate of drug-likeness (QED) is 0.678. The summed E-state index contributed by atoms with van der Waals surface area (Å²) in [7, 11) is 4.56. The SMILES string of the molecule is COc1cc(-c2nnc(NC(=O)Cc3cccs3)o2)cc(OC)c1OC. The Balaban J connectivity index is 1.80. The smallest absolute Gasteiger partial charge is 0.322 e. The number of carbonyl (C=O) groups excluding carboxylic acids is 1. The van der Waals surface area contributed by atoms with Crippen LogP contribution in [0.3, 0.4) is 0 Å². The lowest BCUT2D eigenvalue weighted by molar-refractivity contribution is -0.115. The molecule has 2 heterocycles. The lowest BCUT2D eigenvalue weighted by Crippen LogP contribution is -2.13. The van der Waals surface area contributed by atoms with E-state index in [1.54, 1.807) is 12.1 Å². The highest BCUT2D eigenvalue weighted by molar-refractivity contribution is 7.10. The molecule has 3 rings (SSSR count). The van der Waals surface area contributed by atoms with Crippen molar-refractivity contribution in [3.63, 3.8) is 0 Å². The fourth-order valence-electron chi connectivity index (χ4n) is 2.33. The highest BCUT2D eigenvalue weighted by atomic mass is 32.1. The van der Waals surface area contributed by atoms with Gasteiger partial charge in [-0.05, 0) is 23.6 Å². The topological polar surface area (TPSA) is 95.7 Å². The van der Waals surface area contributed by atoms with Crippen molar-refractivity contribution in [2.24, 2.45) is 0 Å². The fraction of sp³-hybridized carbons (Fsp3) is 0.235. The minimum atomic E-state index is -0.229. The Morgan fingerprint density at radius 1 is 1.15 bits per heavy atom. The summed E-state index contributed by atoms with van der Waals surface area (Å²) < 4.78 is 21.4. The van der Waals surface area contributed by atoms with E-state index >= 15 is 0 Å². The molecule has 0 spiro atoms. The van der Waals surface area contributed by atoms with E-state index in [0.717, 1.165) is 4.88 Å². The van der Waals surface area contributed by atoms with E-state index in [4.69, 9.17) is 18.6 Å². The molecule has 1 aromatic carbocycles. The number of nitrogens with one attached hydrogen (secondary N) is 1. The van der Waals surface area contributed by atoms with Crippen LogP contribution in [0.4, 0.5) is 6.01 Å². The molecule has 0 saturated carbocycles. The van der Waals surface area contributed by atoms with Crippen molar-refractivity contribution in [1.29, 1.82) is 0 Å². The van der Waals surface area contributed by atoms with E-state index < -0.39 is 0 Å². The van der Waals surface area contributed by atoms with Gasteiger partial charge in [-0.25, -0.2) is 0 Å². The molecule has 2 aromatic heterocycles. The van der Waals surface area contributed by atoms with Crippen LogP contribution in [0.1, 0.15) is 4.88 Å². The van der Waals surface area contributed by atoms with Crippen molar-refractivity contribution >= 4 is 23.3 Å². The molecule has 0 aliphatic rings. The van der Waals surface area contributed by atoms with Crippen molar-refractivity contribution in [3.05, 3.63) is 34.5 Å². The minimum Gasteiger partial charge on any atom is -0.493 e. The Morgan fingerprint density at radius 2 is 1.88 bits per heavy atom. The maximum Gasteiger partial charge on any atom is 0.322 e. The zero-order chi connectivity index (χ0) is 18.5. The number of amides is 1. The molecule has 0 unspecified atom stereocenters. The molecular formula is C17H17N3O5S. The second-order valence-corrected chi connectivity index (χ2v) is 6.16. The molecule has 0 bridgehead atoms. The molecule has 9 heteroatoms. The molecular weight excluding hydrogens is 358 g/mol. The van der Waals surface area contributed by atoms with E-state index in [1.165, 1.54) is 32.7 Å². The second-order valence-electron chi connectivity index (χ2n) is 5.13. The van der Waals surface area contributed by atoms with Gasteiger partial charge in [0.05, 0.1) is 27.8 Å². The summed E-state index contributed by atoms with van der Waals surface area (Å²) in [5.41, 5.74) is 0.575. The van der Waals surface area contributed by atoms with Crippen LogP contribution in [0.5, 0.6) is 17.2 Å². The largest absolute Gasteiger partial charge is 0.493 e. The van der Waals surface area contributed by atoms with Crippen LogP contribution < -0.4 is 19.5 Å². The lowest BCUT2D eigenvalue weighted by atomic mass is 10.2. The zero-order valence-electron chi connectivity index (χ0n) is 14.4. The average Bonchev–Trinajstić information content (AvgIpc) is 3.32. The Kier molecular flexibility index (Phi) is 5.37. The third-order valence-corrected chi connectivity index (χ3v) is 4.37. The maximum atomic E-state index is 12.0. The first-order valence-electron chi connectivity index (χ1n) is 7.60. The third-order valence-electron chi connectivity index (χ3n) is 3.50. The van der Waals surface area contributed by atoms with Gasteiger partial charge in [-0.3, -0.25) is 10.1 Å². The molecule has 0 radical (unpaired) electrons. The van der Waals surface area contributed by atoms with E-state index in [-0.39, 0.29) is 24.2 Å². The second kappa shape index (κ2) is 7.87. The Morgan fingerprint density at radius 3 is 2.46 bits per heavy atom. The number of thiophene rings is 1. The summed E-state index contributed by atoms with van der Waals surface area (Å²) >= 11 is 1.51. The fourth-order valence-corrected chi connectivity index (χ4v) is 3.03. The predicted molar refractivity (Wildman–Crippen MR) is 96.0 cm³/mol. The average molecular weight is 375 g/mol. The van der Waals surface area contributed by atoms with Gasteiger partial charge in [0, 0.05) is 10.4 Å². The van der Waals surface area contributed by atoms with Crippen molar-refractivity contribution in [3.8, 4) is 28.7 Å². The number of aromatic nitrogens is 2. The summed E-state index contributed by atoms with van der Waals surface area (Å²) in [5.74, 6) is 1.37. The summed E-state index contributed by atoms with van der Waals surface area (Å²) in [5, 5.41) is 12.3. The predicted octanol–water partition coefficient (Wildman–Crippen LogP) is 3.01. The van der Waals surface area contributed by atoms with Gasteiger partial charge in [0.15, 0.2) is 11.5 Å². The standard InChI is InChI=1S/C17H17N3O5S/c1-22-12-7-10(8-13(23-2)15(12)24-3)16-19-20-17(25-16)18-14(21)9-11-5-4-6-26-11/h4-8H,9H2,1-3H3,(H,18,20,21). The molecule has 0 saturated heterocycles. The van der Waals surface area contributed by atoms with Crippen molar-refractivity contribution in [1.82, 2.24) is 10.2 Å². The van der Waals surface area contributed by atoms with Gasteiger partial charge >= 0.3 is 6.01 Å². The van der Waals surface area contributed by atoms with Crippen LogP contribution in [0.2, 0.25) is 0 Å². The van der Waals surface area contributed by atoms with Crippen molar-refractivity contribution in [2.75, 3.05) is 26.6 Å². The molecule has 1 N–H and O–H groups in total. The molecule has 3 aromatic rings. The molecule has 136 valence electrons. The molecule has 1 amide bonds. The van der Waals surface area contributed by atoms with Crippen LogP contribution in [0.15, 0.2) is 34.1 Å². The molecule has 0 aliphatic heterocycles. The van der Waals surface area contributed by atoms with Gasteiger partial charge in [-0.1, -0.05) is 11.2 Å². The summed E-state index contributed by atoms with van der Waals surface area (Å²) in [6.45, 7) is 0. The van der Waals surface area contributed by atoms with Crippen LogP contribution >= 0.6 is 11.3 Å². The molecule has 0 atom stereocenters. The van der Waals surface area contributed by atoms with Crippen LogP contribution in [-0.4, -0.2) is 37.4 Å². The van der Waals surface area contributed by atoms with E-state index in [0.29, 0.717) is 22.8 Å². The number of anilines is 1. The summed E-state index contributed by atoms with van der Waals surface area (Å²) in [4.78, 5) is 13.0. The third kappa shape index (κ3) is 3.77. The Hall–Kier alpha value is -3.07. The molecule has 8 nitrogen and oxygen atoms in total. The van der Waals surface area contributed by atoms with E-state index in [9.17, 15) is 4.79 Å². The minimum absolute atomic E-state index is 0.0234. The normalized spacial score (nSPS) is 10.4. The van der Waals surface area contributed by atoms with Gasteiger partial charge in [0.2, 0.25) is 17.5 Å². The monoisotopic (exact) mass is 375 g/mol. The van der Waals surface area contributed by atoms with Crippen molar-refractivity contribution in [2.45, 2.75) is 6.42 Å². The van der Waals surface area contributed by atoms with E-state index in [1.807, 2.05) is 17.5 Å². The lowest BCUT2D eigenvalue weighted by Gasteiger charge is -2.12. The number of hydrogen-bond donors (Lipinski definition) is 1. The van der Waals surface area contributed by atoms with Crippen LogP contribution in [-0.2, 0) is 11.2 Å².